The van der Waals surface area contributed by atoms with Gasteiger partial charge < -0.3 is 19.9 Å². The van der Waals surface area contributed by atoms with Crippen LogP contribution in [-0.2, 0) is 0 Å². The van der Waals surface area contributed by atoms with Crippen molar-refractivity contribution in [1.29, 1.82) is 0 Å². The van der Waals surface area contributed by atoms with E-state index in [1.165, 1.54) is 5.39 Å². The van der Waals surface area contributed by atoms with Crippen molar-refractivity contribution in [2.24, 2.45) is 0 Å². The van der Waals surface area contributed by atoms with Gasteiger partial charge >= 0.3 is 0 Å². The van der Waals surface area contributed by atoms with Gasteiger partial charge in [-0.1, -0.05) is 48.0 Å². The summed E-state index contributed by atoms with van der Waals surface area (Å²) in [6.45, 7) is 0. The van der Waals surface area contributed by atoms with Crippen LogP contribution in [0.1, 0.15) is 23.5 Å². The Kier molecular flexibility index (Phi) is 5.40. The lowest BCUT2D eigenvalue weighted by atomic mass is 10.0. The van der Waals surface area contributed by atoms with Gasteiger partial charge in [0.1, 0.15) is 11.8 Å². The molecule has 2 N–H and O–H groups in total. The van der Waals surface area contributed by atoms with Gasteiger partial charge in [0.25, 0.3) is 0 Å². The quantitative estimate of drug-likeness (QED) is 0.276. The number of phenols is 1. The molecule has 6 rings (SSSR count). The van der Waals surface area contributed by atoms with Crippen molar-refractivity contribution >= 4 is 45.4 Å². The van der Waals surface area contributed by atoms with E-state index in [1.807, 2.05) is 47.5 Å². The lowest BCUT2D eigenvalue weighted by Gasteiger charge is -2.29. The number of pyridine rings is 1. The van der Waals surface area contributed by atoms with Crippen molar-refractivity contribution in [3.63, 3.8) is 0 Å². The summed E-state index contributed by atoms with van der Waals surface area (Å²) in [5.41, 5.74) is 3.44. The number of benzene rings is 3. The van der Waals surface area contributed by atoms with Crippen LogP contribution in [0.4, 0.5) is 5.69 Å². The van der Waals surface area contributed by atoms with Crippen LogP contribution in [0.5, 0.6) is 5.75 Å². The summed E-state index contributed by atoms with van der Waals surface area (Å²) in [5.74, 6) is 0.106. The molecule has 2 atom stereocenters. The predicted molar refractivity (Wildman–Crippen MR) is 144 cm³/mol. The number of halogens is 1. The number of fused-ring (bicyclic) bond motifs is 1. The van der Waals surface area contributed by atoms with Gasteiger partial charge in [-0.2, -0.15) is 0 Å². The Morgan fingerprint density at radius 2 is 1.71 bits per heavy atom. The number of hydrogen-bond acceptors (Lipinski definition) is 3. The van der Waals surface area contributed by atoms with E-state index in [9.17, 15) is 5.11 Å². The molecule has 1 saturated heterocycles. The number of hydrogen-bond donors (Lipinski definition) is 2. The molecule has 3 aromatic carbocycles. The first-order valence-electron chi connectivity index (χ1n) is 11.3. The third kappa shape index (κ3) is 3.81. The number of nitrogens with one attached hydrogen (secondary N) is 1. The monoisotopic (exact) mass is 496 g/mol. The fourth-order valence-corrected chi connectivity index (χ4v) is 5.31. The molecule has 0 spiro atoms. The molecule has 0 radical (unpaired) electrons. The van der Waals surface area contributed by atoms with Gasteiger partial charge in [0.15, 0.2) is 5.11 Å². The highest BCUT2D eigenvalue weighted by atomic mass is 35.5. The topological polar surface area (TPSA) is 53.3 Å². The number of thiocarbonyl (C=S) groups is 1. The zero-order chi connectivity index (χ0) is 23.9. The summed E-state index contributed by atoms with van der Waals surface area (Å²) >= 11 is 12.1. The lowest BCUT2D eigenvalue weighted by molar-refractivity contribution is 0.472. The van der Waals surface area contributed by atoms with Gasteiger partial charge in [-0.15, -0.1) is 0 Å². The Labute approximate surface area is 213 Å². The Bertz CT molecular complexity index is 1550. The van der Waals surface area contributed by atoms with Crippen LogP contribution in [0.15, 0.2) is 103 Å². The number of nitrogens with zero attached hydrogens (tertiary/aromatic N) is 3. The lowest BCUT2D eigenvalue weighted by Crippen LogP contribution is -2.30. The van der Waals surface area contributed by atoms with Crippen LogP contribution in [-0.4, -0.2) is 19.8 Å². The molecule has 0 amide bonds. The van der Waals surface area contributed by atoms with Gasteiger partial charge in [-0.25, -0.2) is 0 Å². The van der Waals surface area contributed by atoms with E-state index in [0.717, 1.165) is 22.5 Å². The Balaban J connectivity index is 1.54. The second-order valence-corrected chi connectivity index (χ2v) is 9.29. The number of anilines is 1. The molecule has 2 aromatic heterocycles. The van der Waals surface area contributed by atoms with E-state index >= 15 is 0 Å². The molecule has 172 valence electrons. The van der Waals surface area contributed by atoms with Crippen molar-refractivity contribution < 1.29 is 5.11 Å². The highest BCUT2D eigenvalue weighted by Gasteiger charge is 2.43. The zero-order valence-corrected chi connectivity index (χ0v) is 20.1. The van der Waals surface area contributed by atoms with Gasteiger partial charge in [0.05, 0.1) is 17.4 Å². The molecule has 5 nitrogen and oxygen atoms in total. The second-order valence-electron chi connectivity index (χ2n) is 8.46. The van der Waals surface area contributed by atoms with E-state index < -0.39 is 0 Å². The number of phenolic OH excluding ortho intramolecular Hbond substituents is 1. The number of rotatable bonds is 4. The Morgan fingerprint density at radius 1 is 0.886 bits per heavy atom. The first-order chi connectivity index (χ1) is 17.1. The maximum absolute atomic E-state index is 10.8. The molecule has 0 unspecified atom stereocenters. The van der Waals surface area contributed by atoms with E-state index in [4.69, 9.17) is 23.8 Å². The van der Waals surface area contributed by atoms with Gasteiger partial charge in [0, 0.05) is 28.8 Å². The molecular weight excluding hydrogens is 476 g/mol. The smallest absolute Gasteiger partial charge is 0.174 e. The minimum atomic E-state index is -0.289. The first-order valence-corrected chi connectivity index (χ1v) is 12.0. The summed E-state index contributed by atoms with van der Waals surface area (Å²) in [7, 11) is 0. The molecule has 1 aliphatic rings. The summed E-state index contributed by atoms with van der Waals surface area (Å²) in [4.78, 5) is 6.55. The van der Waals surface area contributed by atoms with E-state index in [2.05, 4.69) is 51.3 Å². The third-order valence-corrected chi connectivity index (χ3v) is 6.94. The van der Waals surface area contributed by atoms with Crippen molar-refractivity contribution in [3.05, 3.63) is 120 Å². The standard InChI is InChI=1S/C28H21ClN4OS/c29-20-11-13-25(34)24(17-20)33-27(26(31-28(33)35)22-8-3-4-14-30-22)23-9-5-15-32(23)21-12-10-18-6-1-2-7-19(18)16-21/h1-17,26-27,34H,(H,31,35)/t26-,27-/m0/s1. The van der Waals surface area contributed by atoms with Gasteiger partial charge in [-0.05, 0) is 77.6 Å². The van der Waals surface area contributed by atoms with Crippen molar-refractivity contribution in [2.75, 3.05) is 4.90 Å². The summed E-state index contributed by atoms with van der Waals surface area (Å²) in [6, 6.07) is 29.1. The number of aromatic hydroxyl groups is 1. The summed E-state index contributed by atoms with van der Waals surface area (Å²) in [5, 5.41) is 17.6. The van der Waals surface area contributed by atoms with Crippen LogP contribution in [0.2, 0.25) is 5.02 Å². The van der Waals surface area contributed by atoms with Gasteiger partial charge in [-0.3, -0.25) is 4.98 Å². The third-order valence-electron chi connectivity index (χ3n) is 6.39. The molecule has 3 heterocycles. The van der Waals surface area contributed by atoms with Crippen LogP contribution in [0, 0.1) is 0 Å². The van der Waals surface area contributed by atoms with Crippen LogP contribution in [0.25, 0.3) is 16.5 Å². The fourth-order valence-electron chi connectivity index (χ4n) is 4.80. The van der Waals surface area contributed by atoms with Crippen molar-refractivity contribution in [1.82, 2.24) is 14.9 Å². The van der Waals surface area contributed by atoms with Crippen molar-refractivity contribution in [3.8, 4) is 11.4 Å². The average Bonchev–Trinajstić information content (AvgIpc) is 3.50. The van der Waals surface area contributed by atoms with Gasteiger partial charge in [0.2, 0.25) is 0 Å². The minimum absolute atomic E-state index is 0.106. The minimum Gasteiger partial charge on any atom is -0.506 e. The number of aromatic nitrogens is 2. The maximum Gasteiger partial charge on any atom is 0.174 e. The van der Waals surface area contributed by atoms with E-state index in [1.54, 1.807) is 24.4 Å². The summed E-state index contributed by atoms with van der Waals surface area (Å²) in [6.07, 6.45) is 3.82. The normalized spacial score (nSPS) is 17.6. The largest absolute Gasteiger partial charge is 0.506 e. The molecule has 7 heteroatoms. The molecule has 1 aliphatic heterocycles. The predicted octanol–water partition coefficient (Wildman–Crippen LogP) is 6.56. The molecule has 5 aromatic rings. The molecule has 0 bridgehead atoms. The molecular formula is C28H21ClN4OS. The summed E-state index contributed by atoms with van der Waals surface area (Å²) < 4.78 is 2.16. The van der Waals surface area contributed by atoms with E-state index in [-0.39, 0.29) is 17.8 Å². The highest BCUT2D eigenvalue weighted by Crippen LogP contribution is 2.45. The zero-order valence-electron chi connectivity index (χ0n) is 18.5. The Hall–Kier alpha value is -3.87. The average molecular weight is 497 g/mol. The highest BCUT2D eigenvalue weighted by molar-refractivity contribution is 7.80. The van der Waals surface area contributed by atoms with Crippen molar-refractivity contribution in [2.45, 2.75) is 12.1 Å². The second kappa shape index (κ2) is 8.73. The fraction of sp³-hybridized carbons (Fsp3) is 0.0714. The molecule has 35 heavy (non-hydrogen) atoms. The van der Waals surface area contributed by atoms with Crippen LogP contribution in [0.3, 0.4) is 0 Å². The SMILES string of the molecule is Oc1ccc(Cl)cc1N1C(=S)N[C@@H](c2ccccn2)[C@@H]1c1cccn1-c1ccc2ccccc2c1. The van der Waals surface area contributed by atoms with Crippen LogP contribution < -0.4 is 10.2 Å². The van der Waals surface area contributed by atoms with E-state index in [0.29, 0.717) is 15.8 Å². The van der Waals surface area contributed by atoms with Crippen LogP contribution >= 0.6 is 23.8 Å². The molecule has 0 aliphatic carbocycles. The maximum atomic E-state index is 10.8. The Morgan fingerprint density at radius 3 is 2.54 bits per heavy atom. The molecule has 1 fully saturated rings. The molecule has 0 saturated carbocycles. The first kappa shape index (κ1) is 21.6.